The van der Waals surface area contributed by atoms with Crippen molar-refractivity contribution < 1.29 is 34.4 Å². The maximum atomic E-state index is 11.0. The van der Waals surface area contributed by atoms with Gasteiger partial charge in [0.2, 0.25) is 0 Å². The third kappa shape index (κ3) is 10.5. The zero-order chi connectivity index (χ0) is 23.3. The fourth-order valence-electron chi connectivity index (χ4n) is 3.30. The maximum absolute atomic E-state index is 11.0. The third-order valence-corrected chi connectivity index (χ3v) is 5.73. The second-order valence-corrected chi connectivity index (χ2v) is 8.48. The van der Waals surface area contributed by atoms with Gasteiger partial charge in [-0.3, -0.25) is 14.4 Å². The molecule has 1 aliphatic rings. The van der Waals surface area contributed by atoms with Crippen molar-refractivity contribution in [3.05, 3.63) is 29.8 Å². The smallest absolute Gasteiger partial charge is 0.314 e. The average molecular weight is 457 g/mol. The van der Waals surface area contributed by atoms with Gasteiger partial charge in [0.05, 0.1) is 18.9 Å². The molecule has 3 N–H and O–H groups in total. The number of unbranched alkanes of at least 4 members (excludes halogenated alkanes) is 5. The molecule has 0 heterocycles. The minimum atomic E-state index is -0.848. The number of ether oxygens (including phenoxy) is 1. The molecule has 1 aromatic carbocycles. The molecule has 1 fully saturated rings. The van der Waals surface area contributed by atoms with Gasteiger partial charge in [0.1, 0.15) is 5.75 Å². The predicted molar refractivity (Wildman–Crippen MR) is 118 cm³/mol. The van der Waals surface area contributed by atoms with Crippen LogP contribution in [0.25, 0.3) is 0 Å². The number of methoxy groups -OCH3 is 1. The van der Waals surface area contributed by atoms with Crippen LogP contribution in [0.3, 0.4) is 0 Å². The average Bonchev–Trinajstić information content (AvgIpc) is 3.52. The molecule has 1 atom stereocenters. The summed E-state index contributed by atoms with van der Waals surface area (Å²) in [6.07, 6.45) is 8.29. The summed E-state index contributed by atoms with van der Waals surface area (Å²) in [6, 6.07) is 7.27. The molecule has 0 bridgehead atoms. The van der Waals surface area contributed by atoms with E-state index in [2.05, 4.69) is 0 Å². The highest BCUT2D eigenvalue weighted by Crippen LogP contribution is 2.48. The number of carboxylic acid groups (broad SMARTS) is 3. The molecule has 0 aliphatic heterocycles. The Morgan fingerprint density at radius 1 is 0.935 bits per heavy atom. The van der Waals surface area contributed by atoms with E-state index in [4.69, 9.17) is 31.7 Å². The molecule has 0 spiro atoms. The molecule has 1 aliphatic carbocycles. The van der Waals surface area contributed by atoms with Gasteiger partial charge in [-0.05, 0) is 43.4 Å². The van der Waals surface area contributed by atoms with Gasteiger partial charge in [0.15, 0.2) is 0 Å². The fourth-order valence-corrected chi connectivity index (χ4v) is 3.59. The van der Waals surface area contributed by atoms with Gasteiger partial charge < -0.3 is 20.1 Å². The monoisotopic (exact) mass is 456 g/mol. The molecule has 1 aromatic rings. The molecule has 0 aromatic heterocycles. The highest BCUT2D eigenvalue weighted by atomic mass is 35.5. The highest BCUT2D eigenvalue weighted by Gasteiger charge is 2.51. The molecular weight excluding hydrogens is 424 g/mol. The molecule has 0 radical (unpaired) electrons. The molecule has 1 unspecified atom stereocenters. The Labute approximate surface area is 188 Å². The first-order chi connectivity index (χ1) is 14.7. The summed E-state index contributed by atoms with van der Waals surface area (Å²) in [7, 11) is 1.60. The summed E-state index contributed by atoms with van der Waals surface area (Å²) in [4.78, 5) is 31.6. The Morgan fingerprint density at radius 2 is 1.48 bits per heavy atom. The van der Waals surface area contributed by atoms with Crippen molar-refractivity contribution in [2.24, 2.45) is 0 Å². The zero-order valence-electron chi connectivity index (χ0n) is 18.0. The van der Waals surface area contributed by atoms with Crippen molar-refractivity contribution >= 4 is 29.5 Å². The fraction of sp³-hybridized carbons (Fsp3) is 0.609. The first-order valence-electron chi connectivity index (χ1n) is 10.7. The highest BCUT2D eigenvalue weighted by molar-refractivity contribution is 6.21. The van der Waals surface area contributed by atoms with E-state index in [1.165, 1.54) is 0 Å². The molecule has 31 heavy (non-hydrogen) atoms. The number of hydrogen-bond acceptors (Lipinski definition) is 4. The number of carbonyl (C=O) groups is 3. The Bertz CT molecular complexity index is 698. The van der Waals surface area contributed by atoms with Gasteiger partial charge in [0, 0.05) is 11.8 Å². The van der Waals surface area contributed by atoms with Crippen molar-refractivity contribution in [1.29, 1.82) is 0 Å². The van der Waals surface area contributed by atoms with Gasteiger partial charge >= 0.3 is 17.9 Å². The van der Waals surface area contributed by atoms with E-state index in [0.717, 1.165) is 69.1 Å². The SMILES string of the molecule is COc1ccc(C2(C(=O)O)CC2)cc1.O=C(O)CCCCCCCCC(Cl)CC(=O)O. The summed E-state index contributed by atoms with van der Waals surface area (Å²) in [5, 5.41) is 25.7. The molecule has 174 valence electrons. The van der Waals surface area contributed by atoms with Crippen LogP contribution in [0, 0.1) is 0 Å². The number of carboxylic acids is 3. The molecule has 0 saturated heterocycles. The van der Waals surface area contributed by atoms with E-state index < -0.39 is 23.3 Å². The molecule has 1 saturated carbocycles. The summed E-state index contributed by atoms with van der Waals surface area (Å²) >= 11 is 5.83. The van der Waals surface area contributed by atoms with E-state index >= 15 is 0 Å². The maximum Gasteiger partial charge on any atom is 0.314 e. The number of benzene rings is 1. The molecular formula is C23H33ClO7. The van der Waals surface area contributed by atoms with Crippen LogP contribution < -0.4 is 4.74 Å². The van der Waals surface area contributed by atoms with E-state index in [9.17, 15) is 14.4 Å². The van der Waals surface area contributed by atoms with Crippen LogP contribution >= 0.6 is 11.6 Å². The van der Waals surface area contributed by atoms with Crippen LogP contribution in [0.15, 0.2) is 24.3 Å². The van der Waals surface area contributed by atoms with Crippen LogP contribution in [0.2, 0.25) is 0 Å². The van der Waals surface area contributed by atoms with Crippen LogP contribution in [0.5, 0.6) is 5.75 Å². The van der Waals surface area contributed by atoms with Gasteiger partial charge in [-0.25, -0.2) is 0 Å². The normalized spacial score (nSPS) is 14.6. The van der Waals surface area contributed by atoms with Crippen molar-refractivity contribution in [2.45, 2.75) is 81.4 Å². The Balaban J connectivity index is 0.000000314. The summed E-state index contributed by atoms with van der Waals surface area (Å²) in [6.45, 7) is 0. The second-order valence-electron chi connectivity index (χ2n) is 7.86. The standard InChI is InChI=1S/C12H21ClO4.C11H12O3/c13-10(9-12(16)17)7-5-3-1-2-4-6-8-11(14)15;1-14-9-4-2-8(3-5-9)11(6-7-11)10(12)13/h10H,1-9H2,(H,14,15)(H,16,17);2-5H,6-7H2,1H3,(H,12,13). The van der Waals surface area contributed by atoms with Gasteiger partial charge in [-0.1, -0.05) is 44.2 Å². The van der Waals surface area contributed by atoms with Crippen molar-refractivity contribution in [1.82, 2.24) is 0 Å². The largest absolute Gasteiger partial charge is 0.497 e. The van der Waals surface area contributed by atoms with E-state index in [-0.39, 0.29) is 18.2 Å². The van der Waals surface area contributed by atoms with Crippen molar-refractivity contribution in [2.75, 3.05) is 7.11 Å². The number of aliphatic carboxylic acids is 3. The third-order valence-electron chi connectivity index (χ3n) is 5.36. The molecule has 8 heteroatoms. The number of rotatable bonds is 14. The zero-order valence-corrected chi connectivity index (χ0v) is 18.8. The first kappa shape index (κ1) is 26.8. The van der Waals surface area contributed by atoms with Crippen LogP contribution in [0.4, 0.5) is 0 Å². The second kappa shape index (κ2) is 13.9. The lowest BCUT2D eigenvalue weighted by Crippen LogP contribution is -2.19. The quantitative estimate of drug-likeness (QED) is 0.263. The Morgan fingerprint density at radius 3 is 1.94 bits per heavy atom. The Kier molecular flexibility index (Phi) is 12.0. The number of halogens is 1. The van der Waals surface area contributed by atoms with Crippen LogP contribution in [0.1, 0.15) is 76.2 Å². The van der Waals surface area contributed by atoms with E-state index in [1.807, 2.05) is 12.1 Å². The number of hydrogen-bond donors (Lipinski definition) is 3. The van der Waals surface area contributed by atoms with E-state index in [1.54, 1.807) is 19.2 Å². The molecule has 7 nitrogen and oxygen atoms in total. The van der Waals surface area contributed by atoms with Crippen LogP contribution in [-0.4, -0.2) is 45.7 Å². The van der Waals surface area contributed by atoms with Gasteiger partial charge in [-0.15, -0.1) is 11.6 Å². The lowest BCUT2D eigenvalue weighted by Gasteiger charge is -2.10. The van der Waals surface area contributed by atoms with E-state index in [0.29, 0.717) is 0 Å². The van der Waals surface area contributed by atoms with Crippen molar-refractivity contribution in [3.63, 3.8) is 0 Å². The predicted octanol–water partition coefficient (Wildman–Crippen LogP) is 5.09. The minimum Gasteiger partial charge on any atom is -0.497 e. The number of alkyl halides is 1. The lowest BCUT2D eigenvalue weighted by molar-refractivity contribution is -0.140. The van der Waals surface area contributed by atoms with Gasteiger partial charge in [0.25, 0.3) is 0 Å². The van der Waals surface area contributed by atoms with Crippen molar-refractivity contribution in [3.8, 4) is 5.75 Å². The summed E-state index contributed by atoms with van der Waals surface area (Å²) < 4.78 is 5.02. The first-order valence-corrected chi connectivity index (χ1v) is 11.1. The summed E-state index contributed by atoms with van der Waals surface area (Å²) in [5.74, 6) is -1.54. The molecule has 0 amide bonds. The Hall–Kier alpha value is -2.28. The van der Waals surface area contributed by atoms with Gasteiger partial charge in [-0.2, -0.15) is 0 Å². The molecule has 2 rings (SSSR count). The summed E-state index contributed by atoms with van der Waals surface area (Å²) in [5.41, 5.74) is 0.275. The van der Waals surface area contributed by atoms with Crippen LogP contribution in [-0.2, 0) is 19.8 Å². The topological polar surface area (TPSA) is 121 Å². The minimum absolute atomic E-state index is 0.0279. The lowest BCUT2D eigenvalue weighted by atomic mass is 9.96.